The van der Waals surface area contributed by atoms with Crippen LogP contribution in [0.2, 0.25) is 0 Å². The molecule has 1 aromatic rings. The van der Waals surface area contributed by atoms with E-state index in [2.05, 4.69) is 25.7 Å². The highest BCUT2D eigenvalue weighted by Crippen LogP contribution is 2.21. The van der Waals surface area contributed by atoms with Gasteiger partial charge in [0.1, 0.15) is 18.3 Å². The van der Waals surface area contributed by atoms with E-state index < -0.39 is 0 Å². The first-order valence-corrected chi connectivity index (χ1v) is 8.16. The molecule has 0 bridgehead atoms. The van der Waals surface area contributed by atoms with Gasteiger partial charge in [0.05, 0.1) is 6.54 Å². The number of nitrogens with zero attached hydrogens (tertiary/aromatic N) is 4. The monoisotopic (exact) mass is 450 g/mol. The van der Waals surface area contributed by atoms with Gasteiger partial charge in [0.25, 0.3) is 0 Å². The zero-order chi connectivity index (χ0) is 16.5. The Kier molecular flexibility index (Phi) is 9.65. The zero-order valence-corrected chi connectivity index (χ0v) is 16.7. The minimum atomic E-state index is -0.0965. The maximum absolute atomic E-state index is 11.7. The summed E-state index contributed by atoms with van der Waals surface area (Å²) in [6.45, 7) is 1.21. The fourth-order valence-corrected chi connectivity index (χ4v) is 2.55. The van der Waals surface area contributed by atoms with Gasteiger partial charge >= 0.3 is 5.97 Å². The lowest BCUT2D eigenvalue weighted by atomic mass is 10.3. The summed E-state index contributed by atoms with van der Waals surface area (Å²) < 4.78 is 7.13. The van der Waals surface area contributed by atoms with Crippen molar-refractivity contribution in [3.63, 3.8) is 0 Å². The first-order chi connectivity index (χ1) is 11.2. The summed E-state index contributed by atoms with van der Waals surface area (Å²) in [6, 6.07) is 0. The summed E-state index contributed by atoms with van der Waals surface area (Å²) in [6.07, 6.45) is 7.20. The Morgan fingerprint density at radius 2 is 2.17 bits per heavy atom. The van der Waals surface area contributed by atoms with Crippen molar-refractivity contribution in [1.29, 1.82) is 0 Å². The molecule has 1 heterocycles. The van der Waals surface area contributed by atoms with Gasteiger partial charge in [-0.2, -0.15) is 5.10 Å². The van der Waals surface area contributed by atoms with Crippen LogP contribution in [0.3, 0.4) is 0 Å². The fourth-order valence-electron chi connectivity index (χ4n) is 2.55. The average molecular weight is 450 g/mol. The second-order valence-electron chi connectivity index (χ2n) is 5.65. The number of carbonyl (C=O) groups is 1. The van der Waals surface area contributed by atoms with Crippen LogP contribution in [0, 0.1) is 0 Å². The van der Waals surface area contributed by atoms with Crippen LogP contribution in [-0.4, -0.2) is 46.4 Å². The second kappa shape index (κ2) is 11.2. The van der Waals surface area contributed by atoms with Gasteiger partial charge in [-0.15, -0.1) is 24.0 Å². The SMILES string of the molecule is CN=C(NCCCC(=O)OC1CCCC1)NCc1ncnn1C.I. The lowest BCUT2D eigenvalue weighted by molar-refractivity contribution is -0.148. The van der Waals surface area contributed by atoms with Crippen molar-refractivity contribution >= 4 is 35.9 Å². The molecule has 0 amide bonds. The molecule has 0 radical (unpaired) electrons. The van der Waals surface area contributed by atoms with Crippen molar-refractivity contribution in [2.24, 2.45) is 12.0 Å². The third kappa shape index (κ3) is 7.02. The van der Waals surface area contributed by atoms with E-state index in [4.69, 9.17) is 4.74 Å². The Bertz CT molecular complexity index is 528. The number of aliphatic imine (C=N–C) groups is 1. The van der Waals surface area contributed by atoms with Crippen LogP contribution in [0.5, 0.6) is 0 Å². The predicted octanol–water partition coefficient (Wildman–Crippen LogP) is 1.36. The molecule has 0 spiro atoms. The summed E-state index contributed by atoms with van der Waals surface area (Å²) in [5.41, 5.74) is 0. The molecule has 2 N–H and O–H groups in total. The quantitative estimate of drug-likeness (QED) is 0.214. The molecule has 0 unspecified atom stereocenters. The molecule has 1 aliphatic carbocycles. The molecule has 24 heavy (non-hydrogen) atoms. The highest BCUT2D eigenvalue weighted by Gasteiger charge is 2.18. The van der Waals surface area contributed by atoms with E-state index in [0.29, 0.717) is 25.5 Å². The number of ether oxygens (including phenoxy) is 1. The number of nitrogens with one attached hydrogen (secondary N) is 2. The number of guanidine groups is 1. The Morgan fingerprint density at radius 3 is 2.79 bits per heavy atom. The molecule has 0 aromatic carbocycles. The summed E-state index contributed by atoms with van der Waals surface area (Å²) in [5, 5.41) is 10.3. The largest absolute Gasteiger partial charge is 0.462 e. The summed E-state index contributed by atoms with van der Waals surface area (Å²) in [5.74, 6) is 1.41. The number of hydrogen-bond donors (Lipinski definition) is 2. The molecule has 0 aliphatic heterocycles. The Labute approximate surface area is 159 Å². The highest BCUT2D eigenvalue weighted by atomic mass is 127. The molecule has 1 saturated carbocycles. The molecule has 0 atom stereocenters. The number of aryl methyl sites for hydroxylation is 1. The molecule has 1 aliphatic rings. The number of halogens is 1. The number of hydrogen-bond acceptors (Lipinski definition) is 5. The van der Waals surface area contributed by atoms with Gasteiger partial charge < -0.3 is 15.4 Å². The third-order valence-corrected chi connectivity index (χ3v) is 3.89. The maximum Gasteiger partial charge on any atom is 0.306 e. The molecule has 8 nitrogen and oxygen atoms in total. The maximum atomic E-state index is 11.7. The molecule has 1 aromatic heterocycles. The van der Waals surface area contributed by atoms with E-state index in [1.807, 2.05) is 7.05 Å². The van der Waals surface area contributed by atoms with Gasteiger partial charge in [0.2, 0.25) is 0 Å². The standard InChI is InChI=1S/C15H26N6O2.HI/c1-16-15(18-10-13-19-11-20-21(13)2)17-9-5-8-14(22)23-12-6-3-4-7-12;/h11-12H,3-10H2,1-2H3,(H2,16,17,18);1H. The van der Waals surface area contributed by atoms with E-state index >= 15 is 0 Å². The minimum absolute atomic E-state index is 0. The zero-order valence-electron chi connectivity index (χ0n) is 14.3. The van der Waals surface area contributed by atoms with Crippen LogP contribution < -0.4 is 10.6 Å². The molecular formula is C15H27IN6O2. The predicted molar refractivity (Wildman–Crippen MR) is 102 cm³/mol. The lowest BCUT2D eigenvalue weighted by Crippen LogP contribution is -2.38. The van der Waals surface area contributed by atoms with Crippen molar-refractivity contribution in [2.75, 3.05) is 13.6 Å². The number of aromatic nitrogens is 3. The molecular weight excluding hydrogens is 423 g/mol. The molecule has 2 rings (SSSR count). The van der Waals surface area contributed by atoms with Gasteiger partial charge in [-0.25, -0.2) is 4.98 Å². The topological polar surface area (TPSA) is 93.4 Å². The molecule has 136 valence electrons. The van der Waals surface area contributed by atoms with E-state index in [-0.39, 0.29) is 36.0 Å². The van der Waals surface area contributed by atoms with Crippen LogP contribution in [0.1, 0.15) is 44.3 Å². The van der Waals surface area contributed by atoms with Crippen molar-refractivity contribution in [1.82, 2.24) is 25.4 Å². The third-order valence-electron chi connectivity index (χ3n) is 3.89. The van der Waals surface area contributed by atoms with E-state index in [9.17, 15) is 4.79 Å². The van der Waals surface area contributed by atoms with Crippen molar-refractivity contribution in [2.45, 2.75) is 51.2 Å². The van der Waals surface area contributed by atoms with Crippen LogP contribution >= 0.6 is 24.0 Å². The second-order valence-corrected chi connectivity index (χ2v) is 5.65. The molecule has 9 heteroatoms. The number of rotatable bonds is 7. The first kappa shape index (κ1) is 20.7. The van der Waals surface area contributed by atoms with Gasteiger partial charge in [-0.3, -0.25) is 14.5 Å². The van der Waals surface area contributed by atoms with Gasteiger partial charge in [0, 0.05) is 27.1 Å². The molecule has 0 saturated heterocycles. The smallest absolute Gasteiger partial charge is 0.306 e. The Morgan fingerprint density at radius 1 is 1.42 bits per heavy atom. The number of esters is 1. The normalized spacial score (nSPS) is 15.0. The number of carbonyl (C=O) groups excluding carboxylic acids is 1. The summed E-state index contributed by atoms with van der Waals surface area (Å²) >= 11 is 0. The van der Waals surface area contributed by atoms with Gasteiger partial charge in [0.15, 0.2) is 5.96 Å². The Hall–Kier alpha value is -1.39. The summed E-state index contributed by atoms with van der Waals surface area (Å²) in [4.78, 5) is 20.0. The van der Waals surface area contributed by atoms with E-state index in [1.54, 1.807) is 11.7 Å². The minimum Gasteiger partial charge on any atom is -0.462 e. The summed E-state index contributed by atoms with van der Waals surface area (Å²) in [7, 11) is 3.55. The Balaban J connectivity index is 0.00000288. The first-order valence-electron chi connectivity index (χ1n) is 8.16. The van der Waals surface area contributed by atoms with Crippen molar-refractivity contribution in [3.05, 3.63) is 12.2 Å². The van der Waals surface area contributed by atoms with E-state index in [0.717, 1.165) is 25.1 Å². The van der Waals surface area contributed by atoms with Crippen molar-refractivity contribution < 1.29 is 9.53 Å². The highest BCUT2D eigenvalue weighted by molar-refractivity contribution is 14.0. The van der Waals surface area contributed by atoms with Crippen LogP contribution in [0.25, 0.3) is 0 Å². The van der Waals surface area contributed by atoms with E-state index in [1.165, 1.54) is 19.2 Å². The van der Waals surface area contributed by atoms with Crippen LogP contribution in [0.4, 0.5) is 0 Å². The van der Waals surface area contributed by atoms with Gasteiger partial charge in [-0.05, 0) is 32.1 Å². The van der Waals surface area contributed by atoms with Gasteiger partial charge in [-0.1, -0.05) is 0 Å². The van der Waals surface area contributed by atoms with Crippen LogP contribution in [0.15, 0.2) is 11.3 Å². The average Bonchev–Trinajstić information content (AvgIpc) is 3.18. The molecule has 1 fully saturated rings. The fraction of sp³-hybridized carbons (Fsp3) is 0.733. The lowest BCUT2D eigenvalue weighted by Gasteiger charge is -2.13. The van der Waals surface area contributed by atoms with Crippen molar-refractivity contribution in [3.8, 4) is 0 Å². The van der Waals surface area contributed by atoms with Crippen LogP contribution in [-0.2, 0) is 23.1 Å².